The second-order valence-corrected chi connectivity index (χ2v) is 4.68. The van der Waals surface area contributed by atoms with Gasteiger partial charge in [0.1, 0.15) is 0 Å². The van der Waals surface area contributed by atoms with Crippen molar-refractivity contribution in [3.8, 4) is 0 Å². The predicted molar refractivity (Wildman–Crippen MR) is 80.7 cm³/mol. The Labute approximate surface area is 120 Å². The molecule has 0 radical (unpaired) electrons. The van der Waals surface area contributed by atoms with E-state index in [4.69, 9.17) is 16.0 Å². The van der Waals surface area contributed by atoms with E-state index in [-0.39, 0.29) is 5.89 Å². The first kappa shape index (κ1) is 12.6. The minimum atomic E-state index is -0.417. The maximum Gasteiger partial charge on any atom is 0.347 e. The van der Waals surface area contributed by atoms with Gasteiger partial charge in [-0.05, 0) is 29.8 Å². The Morgan fingerprint density at radius 1 is 1.05 bits per heavy atom. The lowest BCUT2D eigenvalue weighted by atomic mass is 10.2. The van der Waals surface area contributed by atoms with Gasteiger partial charge in [0.15, 0.2) is 0 Å². The fourth-order valence-electron chi connectivity index (χ4n) is 1.86. The van der Waals surface area contributed by atoms with Crippen LogP contribution >= 0.6 is 11.6 Å². The summed E-state index contributed by atoms with van der Waals surface area (Å²) >= 11 is 5.91. The molecule has 4 heteroatoms. The summed E-state index contributed by atoms with van der Waals surface area (Å²) in [5.74, 6) is 0.258. The third-order valence-corrected chi connectivity index (χ3v) is 3.06. The average Bonchev–Trinajstić information content (AvgIpc) is 2.46. The number of benzene rings is 2. The molecule has 1 heterocycles. The number of hydrogen-bond donors (Lipinski definition) is 0. The van der Waals surface area contributed by atoms with Gasteiger partial charge in [-0.3, -0.25) is 0 Å². The van der Waals surface area contributed by atoms with Crippen molar-refractivity contribution in [3.63, 3.8) is 0 Å². The van der Waals surface area contributed by atoms with Crippen LogP contribution in [0.3, 0.4) is 0 Å². The lowest BCUT2D eigenvalue weighted by Gasteiger charge is -1.98. The summed E-state index contributed by atoms with van der Waals surface area (Å²) in [5, 5.41) is 0.958. The third kappa shape index (κ3) is 2.63. The number of hydrogen-bond acceptors (Lipinski definition) is 3. The van der Waals surface area contributed by atoms with Crippen LogP contribution in [0.5, 0.6) is 0 Å². The zero-order valence-electron chi connectivity index (χ0n) is 10.4. The lowest BCUT2D eigenvalue weighted by molar-refractivity contribution is 0.491. The van der Waals surface area contributed by atoms with E-state index in [0.29, 0.717) is 15.9 Å². The van der Waals surface area contributed by atoms with Crippen LogP contribution in [-0.2, 0) is 0 Å². The first-order valence-electron chi connectivity index (χ1n) is 6.06. The van der Waals surface area contributed by atoms with Crippen molar-refractivity contribution in [1.82, 2.24) is 4.98 Å². The summed E-state index contributed by atoms with van der Waals surface area (Å²) < 4.78 is 5.16. The van der Waals surface area contributed by atoms with Gasteiger partial charge in [0.25, 0.3) is 0 Å². The van der Waals surface area contributed by atoms with Crippen molar-refractivity contribution < 1.29 is 4.42 Å². The highest BCUT2D eigenvalue weighted by atomic mass is 35.5. The molecule has 1 aromatic heterocycles. The van der Waals surface area contributed by atoms with Gasteiger partial charge < -0.3 is 4.42 Å². The monoisotopic (exact) mass is 283 g/mol. The van der Waals surface area contributed by atoms with Crippen LogP contribution in [0, 0.1) is 0 Å². The molecular formula is C16H10ClNO2. The molecule has 0 N–H and O–H groups in total. The maximum atomic E-state index is 11.8. The van der Waals surface area contributed by atoms with E-state index in [1.54, 1.807) is 24.3 Å². The second kappa shape index (κ2) is 5.31. The molecule has 0 fully saturated rings. The minimum Gasteiger partial charge on any atom is -0.404 e. The van der Waals surface area contributed by atoms with Crippen LogP contribution in [0.4, 0.5) is 0 Å². The molecule has 98 valence electrons. The average molecular weight is 284 g/mol. The van der Waals surface area contributed by atoms with Crippen molar-refractivity contribution in [2.75, 3.05) is 0 Å². The lowest BCUT2D eigenvalue weighted by Crippen LogP contribution is -2.02. The smallest absolute Gasteiger partial charge is 0.347 e. The summed E-state index contributed by atoms with van der Waals surface area (Å²) in [6.45, 7) is 0. The van der Waals surface area contributed by atoms with Crippen molar-refractivity contribution in [3.05, 3.63) is 75.4 Å². The van der Waals surface area contributed by atoms with Gasteiger partial charge in [0, 0.05) is 11.1 Å². The van der Waals surface area contributed by atoms with Crippen LogP contribution in [0.15, 0.2) is 57.7 Å². The van der Waals surface area contributed by atoms with E-state index in [9.17, 15) is 4.79 Å². The maximum absolute atomic E-state index is 11.8. The van der Waals surface area contributed by atoms with Crippen molar-refractivity contribution >= 4 is 34.7 Å². The Morgan fingerprint density at radius 2 is 1.85 bits per heavy atom. The molecule has 0 spiro atoms. The summed E-state index contributed by atoms with van der Waals surface area (Å²) in [6, 6.07) is 14.6. The number of fused-ring (bicyclic) bond motifs is 1. The van der Waals surface area contributed by atoms with Crippen LogP contribution < -0.4 is 5.63 Å². The van der Waals surface area contributed by atoms with Crippen LogP contribution in [0.1, 0.15) is 11.5 Å². The first-order valence-corrected chi connectivity index (χ1v) is 6.44. The van der Waals surface area contributed by atoms with E-state index in [2.05, 4.69) is 4.98 Å². The quantitative estimate of drug-likeness (QED) is 0.713. The van der Waals surface area contributed by atoms with Gasteiger partial charge in [0.05, 0.1) is 10.9 Å². The van der Waals surface area contributed by atoms with E-state index in [1.165, 1.54) is 0 Å². The Kier molecular flexibility index (Phi) is 3.35. The number of rotatable bonds is 2. The molecule has 3 nitrogen and oxygen atoms in total. The molecule has 3 aromatic rings. The van der Waals surface area contributed by atoms with Crippen molar-refractivity contribution in [2.45, 2.75) is 0 Å². The third-order valence-electron chi connectivity index (χ3n) is 2.83. The van der Waals surface area contributed by atoms with Crippen LogP contribution in [0.2, 0.25) is 5.02 Å². The summed E-state index contributed by atoms with van der Waals surface area (Å²) in [7, 11) is 0. The first-order chi connectivity index (χ1) is 9.72. The van der Waals surface area contributed by atoms with E-state index in [0.717, 1.165) is 5.56 Å². The van der Waals surface area contributed by atoms with Gasteiger partial charge in [-0.25, -0.2) is 9.78 Å². The topological polar surface area (TPSA) is 43.1 Å². The summed E-state index contributed by atoms with van der Waals surface area (Å²) in [5.41, 5.74) is 1.11. The fourth-order valence-corrected chi connectivity index (χ4v) is 2.03. The molecule has 2 aromatic carbocycles. The standard InChI is InChI=1S/C16H10ClNO2/c17-12-7-8-13-14(10-12)18-15(20-16(13)19)9-6-11-4-2-1-3-5-11/h1-10H/b9-6-. The Balaban J connectivity index is 2.05. The number of nitrogens with zero attached hydrogens (tertiary/aromatic N) is 1. The van der Waals surface area contributed by atoms with Crippen molar-refractivity contribution in [2.24, 2.45) is 0 Å². The molecule has 0 aliphatic rings. The van der Waals surface area contributed by atoms with E-state index in [1.807, 2.05) is 36.4 Å². The highest BCUT2D eigenvalue weighted by molar-refractivity contribution is 6.31. The normalized spacial score (nSPS) is 11.2. The van der Waals surface area contributed by atoms with Gasteiger partial charge in [-0.1, -0.05) is 41.9 Å². The van der Waals surface area contributed by atoms with Gasteiger partial charge >= 0.3 is 5.63 Å². The van der Waals surface area contributed by atoms with E-state index < -0.39 is 5.63 Å². The molecule has 0 amide bonds. The summed E-state index contributed by atoms with van der Waals surface area (Å²) in [4.78, 5) is 16.1. The number of aromatic nitrogens is 1. The SMILES string of the molecule is O=c1oc(/C=C\c2ccccc2)nc2cc(Cl)ccc12. The molecule has 3 rings (SSSR count). The molecule has 0 aliphatic carbocycles. The Hall–Kier alpha value is -2.39. The predicted octanol–water partition coefficient (Wildman–Crippen LogP) is 4.01. The molecule has 0 saturated carbocycles. The largest absolute Gasteiger partial charge is 0.404 e. The van der Waals surface area contributed by atoms with Gasteiger partial charge in [-0.2, -0.15) is 0 Å². The molecule has 0 unspecified atom stereocenters. The second-order valence-electron chi connectivity index (χ2n) is 4.25. The molecular weight excluding hydrogens is 274 g/mol. The van der Waals surface area contributed by atoms with Gasteiger partial charge in [-0.15, -0.1) is 0 Å². The number of halogens is 1. The highest BCUT2D eigenvalue weighted by Gasteiger charge is 2.04. The zero-order chi connectivity index (χ0) is 13.9. The van der Waals surface area contributed by atoms with E-state index >= 15 is 0 Å². The Morgan fingerprint density at radius 3 is 2.65 bits per heavy atom. The molecule has 0 aliphatic heterocycles. The van der Waals surface area contributed by atoms with Crippen molar-refractivity contribution in [1.29, 1.82) is 0 Å². The summed E-state index contributed by atoms with van der Waals surface area (Å²) in [6.07, 6.45) is 3.50. The Bertz CT molecular complexity index is 838. The fraction of sp³-hybridized carbons (Fsp3) is 0. The highest BCUT2D eigenvalue weighted by Crippen LogP contribution is 2.16. The zero-order valence-corrected chi connectivity index (χ0v) is 11.2. The van der Waals surface area contributed by atoms with Crippen LogP contribution in [-0.4, -0.2) is 4.98 Å². The molecule has 0 atom stereocenters. The molecule has 20 heavy (non-hydrogen) atoms. The van der Waals surface area contributed by atoms with Gasteiger partial charge in [0.2, 0.25) is 5.89 Å². The van der Waals surface area contributed by atoms with Crippen LogP contribution in [0.25, 0.3) is 23.1 Å². The molecule has 0 saturated heterocycles. The molecule has 0 bridgehead atoms. The minimum absolute atomic E-state index is 0.258.